The van der Waals surface area contributed by atoms with Gasteiger partial charge in [0, 0.05) is 12.6 Å². The van der Waals surface area contributed by atoms with E-state index in [0.29, 0.717) is 19.4 Å². The molecular weight excluding hydrogens is 260 g/mol. The quantitative estimate of drug-likeness (QED) is 0.564. The number of nitro groups is 1. The van der Waals surface area contributed by atoms with Crippen molar-refractivity contribution in [1.29, 1.82) is 0 Å². The van der Waals surface area contributed by atoms with Gasteiger partial charge in [-0.15, -0.1) is 0 Å². The number of rotatable bonds is 8. The number of hydrogen-bond donors (Lipinski definition) is 2. The van der Waals surface area contributed by atoms with Crippen LogP contribution < -0.4 is 10.1 Å². The summed E-state index contributed by atoms with van der Waals surface area (Å²) in [7, 11) is 1.78. The van der Waals surface area contributed by atoms with Crippen LogP contribution in [0.1, 0.15) is 32.3 Å². The number of nitrogens with zero attached hydrogens (tertiary/aromatic N) is 1. The third-order valence-electron chi connectivity index (χ3n) is 3.41. The lowest BCUT2D eigenvalue weighted by atomic mass is 9.99. The molecule has 1 rings (SSSR count). The van der Waals surface area contributed by atoms with Crippen molar-refractivity contribution in [3.8, 4) is 5.75 Å². The fraction of sp³-hybridized carbons (Fsp3) is 0.571. The van der Waals surface area contributed by atoms with E-state index in [1.54, 1.807) is 19.2 Å². The van der Waals surface area contributed by atoms with E-state index < -0.39 is 10.5 Å². The van der Waals surface area contributed by atoms with Crippen molar-refractivity contribution in [3.05, 3.63) is 33.9 Å². The highest BCUT2D eigenvalue weighted by molar-refractivity contribution is 5.48. The lowest BCUT2D eigenvalue weighted by Crippen LogP contribution is -2.34. The number of hydrogen-bond acceptors (Lipinski definition) is 5. The van der Waals surface area contributed by atoms with Crippen LogP contribution in [0.15, 0.2) is 18.2 Å². The maximum Gasteiger partial charge on any atom is 0.311 e. The summed E-state index contributed by atoms with van der Waals surface area (Å²) in [5, 5.41) is 24.2. The molecule has 0 aliphatic carbocycles. The van der Waals surface area contributed by atoms with E-state index in [0.717, 1.165) is 5.56 Å². The molecule has 2 N–H and O–H groups in total. The van der Waals surface area contributed by atoms with Gasteiger partial charge in [-0.3, -0.25) is 10.1 Å². The summed E-state index contributed by atoms with van der Waals surface area (Å²) in [6, 6.07) is 4.84. The molecule has 0 spiro atoms. The van der Waals surface area contributed by atoms with E-state index in [4.69, 9.17) is 4.74 Å². The molecule has 0 saturated heterocycles. The van der Waals surface area contributed by atoms with Gasteiger partial charge < -0.3 is 15.2 Å². The molecule has 0 aliphatic rings. The van der Waals surface area contributed by atoms with Crippen LogP contribution >= 0.6 is 0 Å². The smallest absolute Gasteiger partial charge is 0.311 e. The molecule has 0 fully saturated rings. The van der Waals surface area contributed by atoms with Crippen LogP contribution in [0.25, 0.3) is 0 Å². The lowest BCUT2D eigenvalue weighted by Gasteiger charge is -2.25. The van der Waals surface area contributed by atoms with Crippen molar-refractivity contribution >= 4 is 5.69 Å². The monoisotopic (exact) mass is 282 g/mol. The van der Waals surface area contributed by atoms with E-state index in [9.17, 15) is 15.2 Å². The standard InChI is InChI=1S/C14H22N2O4/c1-4-14(17,5-2)10-20-13-7-6-11(9-15-3)8-12(13)16(18)19/h6-8,15,17H,4-5,9-10H2,1-3H3. The number of nitrogens with one attached hydrogen (secondary N) is 1. The van der Waals surface area contributed by atoms with E-state index in [1.807, 2.05) is 13.8 Å². The molecule has 0 bridgehead atoms. The van der Waals surface area contributed by atoms with Crippen molar-refractivity contribution in [2.24, 2.45) is 0 Å². The summed E-state index contributed by atoms with van der Waals surface area (Å²) in [6.45, 7) is 4.32. The summed E-state index contributed by atoms with van der Waals surface area (Å²) >= 11 is 0. The van der Waals surface area contributed by atoms with Crippen LogP contribution in [-0.2, 0) is 6.54 Å². The minimum absolute atomic E-state index is 0.0478. The third kappa shape index (κ3) is 4.18. The van der Waals surface area contributed by atoms with Crippen LogP contribution in [0.4, 0.5) is 5.69 Å². The van der Waals surface area contributed by atoms with Gasteiger partial charge in [0.2, 0.25) is 0 Å². The molecule has 0 heterocycles. The summed E-state index contributed by atoms with van der Waals surface area (Å²) in [6.07, 6.45) is 1.07. The molecule has 0 amide bonds. The summed E-state index contributed by atoms with van der Waals surface area (Å²) in [5.74, 6) is 0.190. The maximum absolute atomic E-state index is 11.1. The fourth-order valence-corrected chi connectivity index (χ4v) is 1.81. The third-order valence-corrected chi connectivity index (χ3v) is 3.41. The normalized spacial score (nSPS) is 11.4. The lowest BCUT2D eigenvalue weighted by molar-refractivity contribution is -0.386. The van der Waals surface area contributed by atoms with E-state index in [-0.39, 0.29) is 18.0 Å². The van der Waals surface area contributed by atoms with Gasteiger partial charge in [-0.2, -0.15) is 0 Å². The summed E-state index contributed by atoms with van der Waals surface area (Å²) < 4.78 is 5.47. The average molecular weight is 282 g/mol. The fourth-order valence-electron chi connectivity index (χ4n) is 1.81. The molecule has 1 aromatic rings. The molecule has 0 aromatic heterocycles. The number of ether oxygens (including phenoxy) is 1. The number of benzene rings is 1. The Hall–Kier alpha value is -1.66. The highest BCUT2D eigenvalue weighted by Gasteiger charge is 2.25. The minimum Gasteiger partial charge on any atom is -0.484 e. The highest BCUT2D eigenvalue weighted by Crippen LogP contribution is 2.29. The predicted octanol–water partition coefficient (Wildman–Crippen LogP) is 2.24. The van der Waals surface area contributed by atoms with Crippen LogP contribution in [0, 0.1) is 10.1 Å². The predicted molar refractivity (Wildman–Crippen MR) is 76.9 cm³/mol. The Labute approximate surface area is 118 Å². The molecule has 1 aromatic carbocycles. The Morgan fingerprint density at radius 3 is 2.55 bits per heavy atom. The molecular formula is C14H22N2O4. The van der Waals surface area contributed by atoms with Gasteiger partial charge in [0.25, 0.3) is 0 Å². The Morgan fingerprint density at radius 2 is 2.05 bits per heavy atom. The van der Waals surface area contributed by atoms with Crippen LogP contribution in [0.5, 0.6) is 5.75 Å². The number of nitro benzene ring substituents is 1. The number of aliphatic hydroxyl groups is 1. The maximum atomic E-state index is 11.1. The zero-order valence-corrected chi connectivity index (χ0v) is 12.2. The first-order chi connectivity index (χ1) is 9.45. The van der Waals surface area contributed by atoms with Gasteiger partial charge >= 0.3 is 5.69 Å². The molecule has 6 nitrogen and oxygen atoms in total. The minimum atomic E-state index is -0.947. The van der Waals surface area contributed by atoms with Crippen molar-refractivity contribution in [3.63, 3.8) is 0 Å². The summed E-state index contributed by atoms with van der Waals surface area (Å²) in [5.41, 5.74) is -0.211. The molecule has 0 radical (unpaired) electrons. The van der Waals surface area contributed by atoms with Crippen molar-refractivity contribution < 1.29 is 14.8 Å². The molecule has 0 unspecified atom stereocenters. The topological polar surface area (TPSA) is 84.6 Å². The van der Waals surface area contributed by atoms with Gasteiger partial charge in [0.05, 0.1) is 10.5 Å². The average Bonchev–Trinajstić information content (AvgIpc) is 2.45. The van der Waals surface area contributed by atoms with Gasteiger partial charge in [-0.05, 0) is 31.5 Å². The Balaban J connectivity index is 2.92. The molecule has 6 heteroatoms. The Kier molecular flexibility index (Phi) is 5.91. The van der Waals surface area contributed by atoms with E-state index in [1.165, 1.54) is 6.07 Å². The SMILES string of the molecule is CCC(O)(CC)COc1ccc(CNC)cc1[N+](=O)[O-]. The van der Waals surface area contributed by atoms with Crippen molar-refractivity contribution in [2.45, 2.75) is 38.8 Å². The highest BCUT2D eigenvalue weighted by atomic mass is 16.6. The second kappa shape index (κ2) is 7.21. The van der Waals surface area contributed by atoms with E-state index in [2.05, 4.69) is 5.32 Å². The second-order valence-electron chi connectivity index (χ2n) is 4.81. The zero-order valence-electron chi connectivity index (χ0n) is 12.2. The molecule has 0 aliphatic heterocycles. The Morgan fingerprint density at radius 1 is 1.40 bits per heavy atom. The second-order valence-corrected chi connectivity index (χ2v) is 4.81. The summed E-state index contributed by atoms with van der Waals surface area (Å²) in [4.78, 5) is 10.6. The first-order valence-corrected chi connectivity index (χ1v) is 6.73. The Bertz CT molecular complexity index is 458. The van der Waals surface area contributed by atoms with Gasteiger partial charge in [-0.25, -0.2) is 0 Å². The van der Waals surface area contributed by atoms with Crippen molar-refractivity contribution in [1.82, 2.24) is 5.32 Å². The van der Waals surface area contributed by atoms with Gasteiger partial charge in [0.1, 0.15) is 6.61 Å². The largest absolute Gasteiger partial charge is 0.484 e. The molecule has 0 atom stereocenters. The zero-order chi connectivity index (χ0) is 15.2. The first-order valence-electron chi connectivity index (χ1n) is 6.73. The molecule has 0 saturated carbocycles. The van der Waals surface area contributed by atoms with Crippen LogP contribution in [0.2, 0.25) is 0 Å². The van der Waals surface area contributed by atoms with Gasteiger partial charge in [-0.1, -0.05) is 19.9 Å². The van der Waals surface area contributed by atoms with Gasteiger partial charge in [0.15, 0.2) is 5.75 Å². The van der Waals surface area contributed by atoms with Crippen molar-refractivity contribution in [2.75, 3.05) is 13.7 Å². The van der Waals surface area contributed by atoms with Crippen LogP contribution in [-0.4, -0.2) is 29.3 Å². The van der Waals surface area contributed by atoms with E-state index >= 15 is 0 Å². The van der Waals surface area contributed by atoms with Crippen LogP contribution in [0.3, 0.4) is 0 Å². The first kappa shape index (κ1) is 16.4. The molecule has 112 valence electrons. The molecule has 20 heavy (non-hydrogen) atoms.